The highest BCUT2D eigenvalue weighted by Crippen LogP contribution is 2.44. The molecular formula is C48H34N2S. The summed E-state index contributed by atoms with van der Waals surface area (Å²) >= 11 is 1.86. The van der Waals surface area contributed by atoms with Crippen LogP contribution in [-0.4, -0.2) is 0 Å². The van der Waals surface area contributed by atoms with Crippen molar-refractivity contribution >= 4 is 65.6 Å². The highest BCUT2D eigenvalue weighted by Gasteiger charge is 2.19. The molecule has 3 heteroatoms. The zero-order chi connectivity index (χ0) is 34.0. The summed E-state index contributed by atoms with van der Waals surface area (Å²) in [7, 11) is 0. The van der Waals surface area contributed by atoms with E-state index >= 15 is 0 Å². The first-order chi connectivity index (χ1) is 25.3. The molecule has 0 amide bonds. The summed E-state index contributed by atoms with van der Waals surface area (Å²) in [5.74, 6) is 0. The Bertz CT molecular complexity index is 2540. The van der Waals surface area contributed by atoms with E-state index in [1.807, 2.05) is 11.3 Å². The molecule has 0 bridgehead atoms. The van der Waals surface area contributed by atoms with Gasteiger partial charge in [-0.05, 0) is 95.6 Å². The molecule has 242 valence electrons. The largest absolute Gasteiger partial charge is 0.310 e. The minimum absolute atomic E-state index is 1.10. The van der Waals surface area contributed by atoms with Gasteiger partial charge in [-0.1, -0.05) is 127 Å². The molecule has 0 aliphatic rings. The van der Waals surface area contributed by atoms with Crippen molar-refractivity contribution in [2.24, 2.45) is 0 Å². The van der Waals surface area contributed by atoms with Gasteiger partial charge >= 0.3 is 0 Å². The first-order valence-electron chi connectivity index (χ1n) is 17.3. The first kappa shape index (κ1) is 30.6. The average molecular weight is 671 g/mol. The third kappa shape index (κ3) is 5.84. The van der Waals surface area contributed by atoms with Crippen molar-refractivity contribution in [3.63, 3.8) is 0 Å². The second-order valence-corrected chi connectivity index (χ2v) is 13.7. The molecule has 1 aromatic heterocycles. The van der Waals surface area contributed by atoms with Crippen LogP contribution in [0.15, 0.2) is 206 Å². The number of hydrogen-bond acceptors (Lipinski definition) is 3. The molecule has 0 atom stereocenters. The maximum Gasteiger partial charge on any atom is 0.0540 e. The van der Waals surface area contributed by atoms with Gasteiger partial charge in [0.2, 0.25) is 0 Å². The van der Waals surface area contributed by atoms with Crippen molar-refractivity contribution in [1.82, 2.24) is 0 Å². The third-order valence-corrected chi connectivity index (χ3v) is 10.6. The minimum Gasteiger partial charge on any atom is -0.310 e. The molecule has 8 aromatic carbocycles. The Morgan fingerprint density at radius 3 is 1.53 bits per heavy atom. The number of nitrogens with zero attached hydrogens (tertiary/aromatic N) is 2. The van der Waals surface area contributed by atoms with Crippen LogP contribution in [0.2, 0.25) is 0 Å². The van der Waals surface area contributed by atoms with Crippen LogP contribution in [0.5, 0.6) is 0 Å². The molecule has 0 spiro atoms. The summed E-state index contributed by atoms with van der Waals surface area (Å²) in [4.78, 5) is 4.69. The number of anilines is 6. The monoisotopic (exact) mass is 670 g/mol. The van der Waals surface area contributed by atoms with Crippen molar-refractivity contribution in [3.8, 4) is 22.3 Å². The maximum atomic E-state index is 2.35. The van der Waals surface area contributed by atoms with Crippen molar-refractivity contribution in [3.05, 3.63) is 206 Å². The second-order valence-electron chi connectivity index (χ2n) is 12.6. The van der Waals surface area contributed by atoms with E-state index < -0.39 is 0 Å². The van der Waals surface area contributed by atoms with Crippen LogP contribution < -0.4 is 9.80 Å². The number of rotatable bonds is 8. The summed E-state index contributed by atoms with van der Waals surface area (Å²) < 4.78 is 2.64. The molecular weight excluding hydrogens is 637 g/mol. The van der Waals surface area contributed by atoms with E-state index in [-0.39, 0.29) is 0 Å². The van der Waals surface area contributed by atoms with Gasteiger partial charge in [0.1, 0.15) is 0 Å². The molecule has 0 saturated carbocycles. The van der Waals surface area contributed by atoms with Crippen LogP contribution in [0.4, 0.5) is 34.1 Å². The molecule has 0 aliphatic carbocycles. The standard InChI is InChI=1S/C48H34N2S/c1-4-17-37(18-5-1)49(40-32-30-35(31-33-40)43-26-15-29-47-48(43)44-25-11-13-28-46(44)51-47)41-23-14-16-36(34-41)42-24-10-12-27-45(42)50(38-19-6-2-7-20-38)39-21-8-3-9-22-39/h1-34H. The van der Waals surface area contributed by atoms with Crippen LogP contribution in [0.25, 0.3) is 42.4 Å². The summed E-state index contributed by atoms with van der Waals surface area (Å²) in [6.45, 7) is 0. The van der Waals surface area contributed by atoms with Gasteiger partial charge in [0.05, 0.1) is 5.69 Å². The minimum atomic E-state index is 1.10. The van der Waals surface area contributed by atoms with E-state index in [4.69, 9.17) is 0 Å². The fourth-order valence-electron chi connectivity index (χ4n) is 7.14. The zero-order valence-corrected chi connectivity index (χ0v) is 28.7. The highest BCUT2D eigenvalue weighted by atomic mass is 32.1. The molecule has 51 heavy (non-hydrogen) atoms. The molecule has 9 rings (SSSR count). The lowest BCUT2D eigenvalue weighted by molar-refractivity contribution is 1.27. The zero-order valence-electron chi connectivity index (χ0n) is 27.9. The fraction of sp³-hybridized carbons (Fsp3) is 0. The molecule has 0 N–H and O–H groups in total. The molecule has 9 aromatic rings. The van der Waals surface area contributed by atoms with E-state index in [0.717, 1.165) is 45.3 Å². The number of hydrogen-bond donors (Lipinski definition) is 0. The third-order valence-electron chi connectivity index (χ3n) is 9.44. The summed E-state index contributed by atoms with van der Waals surface area (Å²) in [6.07, 6.45) is 0. The summed E-state index contributed by atoms with van der Waals surface area (Å²) in [6, 6.07) is 73.9. The summed E-state index contributed by atoms with van der Waals surface area (Å²) in [5.41, 5.74) is 11.4. The lowest BCUT2D eigenvalue weighted by Crippen LogP contribution is -2.11. The van der Waals surface area contributed by atoms with Crippen molar-refractivity contribution < 1.29 is 0 Å². The van der Waals surface area contributed by atoms with Crippen LogP contribution in [0.1, 0.15) is 0 Å². The van der Waals surface area contributed by atoms with Gasteiger partial charge in [0, 0.05) is 54.2 Å². The number of fused-ring (bicyclic) bond motifs is 3. The topological polar surface area (TPSA) is 6.48 Å². The quantitative estimate of drug-likeness (QED) is 0.159. The van der Waals surface area contributed by atoms with E-state index in [9.17, 15) is 0 Å². The Morgan fingerprint density at radius 1 is 0.314 bits per heavy atom. The van der Waals surface area contributed by atoms with Gasteiger partial charge in [0.25, 0.3) is 0 Å². The highest BCUT2D eigenvalue weighted by molar-refractivity contribution is 7.25. The van der Waals surface area contributed by atoms with Gasteiger partial charge in [-0.25, -0.2) is 0 Å². The van der Waals surface area contributed by atoms with E-state index in [1.54, 1.807) is 0 Å². The fourth-order valence-corrected chi connectivity index (χ4v) is 8.27. The van der Waals surface area contributed by atoms with E-state index in [1.165, 1.54) is 31.3 Å². The van der Waals surface area contributed by atoms with Crippen molar-refractivity contribution in [1.29, 1.82) is 0 Å². The predicted octanol–water partition coefficient (Wildman–Crippen LogP) is 14.3. The molecule has 0 radical (unpaired) electrons. The first-order valence-corrected chi connectivity index (χ1v) is 18.1. The van der Waals surface area contributed by atoms with Gasteiger partial charge < -0.3 is 9.80 Å². The van der Waals surface area contributed by atoms with Gasteiger partial charge in [-0.2, -0.15) is 0 Å². The van der Waals surface area contributed by atoms with Crippen LogP contribution in [0, 0.1) is 0 Å². The number of benzene rings is 8. The maximum absolute atomic E-state index is 2.35. The smallest absolute Gasteiger partial charge is 0.0540 e. The van der Waals surface area contributed by atoms with Crippen LogP contribution in [-0.2, 0) is 0 Å². The Kier molecular flexibility index (Phi) is 8.09. The second kappa shape index (κ2) is 13.5. The predicted molar refractivity (Wildman–Crippen MR) is 220 cm³/mol. The lowest BCUT2D eigenvalue weighted by atomic mass is 9.98. The molecule has 0 saturated heterocycles. The van der Waals surface area contributed by atoms with Crippen molar-refractivity contribution in [2.45, 2.75) is 0 Å². The number of para-hydroxylation sites is 4. The Balaban J connectivity index is 1.14. The average Bonchev–Trinajstić information content (AvgIpc) is 3.59. The van der Waals surface area contributed by atoms with Crippen LogP contribution in [0.3, 0.4) is 0 Å². The number of thiophene rings is 1. The van der Waals surface area contributed by atoms with Crippen LogP contribution >= 0.6 is 11.3 Å². The Labute approximate surface area is 302 Å². The molecule has 0 aliphatic heterocycles. The Hall–Kier alpha value is -6.42. The summed E-state index contributed by atoms with van der Waals surface area (Å²) in [5, 5.41) is 2.65. The van der Waals surface area contributed by atoms with Gasteiger partial charge in [0.15, 0.2) is 0 Å². The molecule has 2 nitrogen and oxygen atoms in total. The molecule has 0 unspecified atom stereocenters. The lowest BCUT2D eigenvalue weighted by Gasteiger charge is -2.29. The van der Waals surface area contributed by atoms with E-state index in [2.05, 4.69) is 216 Å². The molecule has 0 fully saturated rings. The molecule has 1 heterocycles. The van der Waals surface area contributed by atoms with Gasteiger partial charge in [-0.15, -0.1) is 11.3 Å². The normalized spacial score (nSPS) is 11.1. The van der Waals surface area contributed by atoms with Gasteiger partial charge in [-0.3, -0.25) is 0 Å². The van der Waals surface area contributed by atoms with E-state index in [0.29, 0.717) is 0 Å². The Morgan fingerprint density at radius 2 is 0.824 bits per heavy atom. The SMILES string of the molecule is c1ccc(N(c2ccc(-c3cccc4sc5ccccc5c34)cc2)c2cccc(-c3ccccc3N(c3ccccc3)c3ccccc3)c2)cc1. The van der Waals surface area contributed by atoms with Crippen molar-refractivity contribution in [2.75, 3.05) is 9.80 Å².